The van der Waals surface area contributed by atoms with E-state index in [9.17, 15) is 24.0 Å². The van der Waals surface area contributed by atoms with Gasteiger partial charge in [0.25, 0.3) is 0 Å². The van der Waals surface area contributed by atoms with Crippen LogP contribution in [0.25, 0.3) is 0 Å². The molecule has 1 saturated heterocycles. The van der Waals surface area contributed by atoms with Gasteiger partial charge in [-0.05, 0) is 72.6 Å². The maximum absolute atomic E-state index is 14.5. The summed E-state index contributed by atoms with van der Waals surface area (Å²) < 4.78 is 15.4. The van der Waals surface area contributed by atoms with Crippen molar-refractivity contribution in [2.24, 2.45) is 5.92 Å². The number of allylic oxidation sites excluding steroid dienone is 1. The van der Waals surface area contributed by atoms with Crippen LogP contribution in [-0.4, -0.2) is 102 Å². The van der Waals surface area contributed by atoms with Crippen molar-refractivity contribution in [3.05, 3.63) is 25.3 Å². The summed E-state index contributed by atoms with van der Waals surface area (Å²) in [5.41, 5.74) is -2.09. The highest BCUT2D eigenvalue weighted by Crippen LogP contribution is 2.45. The third-order valence-corrected chi connectivity index (χ3v) is 11.1. The number of thioether (sulfide) groups is 1. The fraction of sp³-hybridized carbons (Fsp3) is 0.727. The monoisotopic (exact) mass is 696 g/mol. The van der Waals surface area contributed by atoms with Crippen LogP contribution in [0, 0.1) is 5.92 Å². The SMILES string of the molecule is C=CCCSC(C)(C)[C@H](NC(=O)OC(C)(C)C)C(=O)N1C[C@H](NC(=O)OCC[Si](C)(C)C)C[C@H]1C(=O)N[C@]1(C(=O)OCC)C[C@H]1C=C. The van der Waals surface area contributed by atoms with Crippen LogP contribution in [0.1, 0.15) is 60.8 Å². The normalized spacial score (nSPS) is 23.2. The minimum absolute atomic E-state index is 0.0166. The molecule has 2 fully saturated rings. The summed E-state index contributed by atoms with van der Waals surface area (Å²) in [6.07, 6.45) is 3.03. The molecule has 266 valence electrons. The van der Waals surface area contributed by atoms with Crippen molar-refractivity contribution in [2.45, 2.75) is 121 Å². The van der Waals surface area contributed by atoms with Crippen LogP contribution >= 0.6 is 11.8 Å². The molecule has 1 aliphatic carbocycles. The van der Waals surface area contributed by atoms with Gasteiger partial charge in [-0.1, -0.05) is 31.8 Å². The molecule has 1 aliphatic heterocycles. The number of carbonyl (C=O) groups excluding carboxylic acids is 5. The van der Waals surface area contributed by atoms with Crippen LogP contribution in [0.4, 0.5) is 9.59 Å². The Bertz CT molecular complexity index is 1180. The van der Waals surface area contributed by atoms with Gasteiger partial charge in [0.2, 0.25) is 11.8 Å². The standard InChI is InChI=1S/C33H56N4O8SSi/c1-12-15-17-46-32(7,8)25(35-30(42)45-31(4,5)6)27(39)37-21-23(34-29(41)44-16-18-47(9,10)11)19-24(37)26(38)36-33(20-22(33)13-2)28(40)43-14-3/h12-13,22-25H,1-2,14-21H2,3-11H3,(H,34,41)(H,35,42)(H,36,38)/t22-,23-,24+,25-,33-/m1/s1. The van der Waals surface area contributed by atoms with E-state index in [-0.39, 0.29) is 32.1 Å². The molecule has 0 aromatic rings. The molecule has 14 heteroatoms. The Morgan fingerprint density at radius 1 is 1.06 bits per heavy atom. The molecule has 0 radical (unpaired) electrons. The first kappa shape index (κ1) is 40.2. The number of rotatable bonds is 16. The average Bonchev–Trinajstić information content (AvgIpc) is 3.49. The number of nitrogens with zero attached hydrogens (tertiary/aromatic N) is 1. The first-order valence-electron chi connectivity index (χ1n) is 16.3. The van der Waals surface area contributed by atoms with E-state index in [1.165, 1.54) is 16.7 Å². The average molecular weight is 697 g/mol. The summed E-state index contributed by atoms with van der Waals surface area (Å²) in [6, 6.07) is -2.01. The highest BCUT2D eigenvalue weighted by Gasteiger charge is 2.62. The van der Waals surface area contributed by atoms with E-state index in [4.69, 9.17) is 14.2 Å². The number of hydrogen-bond acceptors (Lipinski definition) is 9. The van der Waals surface area contributed by atoms with Gasteiger partial charge in [-0.3, -0.25) is 9.59 Å². The minimum atomic E-state index is -1.44. The summed E-state index contributed by atoms with van der Waals surface area (Å²) in [4.78, 5) is 68.5. The zero-order valence-corrected chi connectivity index (χ0v) is 31.5. The second-order valence-electron chi connectivity index (χ2n) is 14.9. The minimum Gasteiger partial charge on any atom is -0.464 e. The largest absolute Gasteiger partial charge is 0.464 e. The van der Waals surface area contributed by atoms with Crippen LogP contribution in [0.15, 0.2) is 25.3 Å². The fourth-order valence-electron chi connectivity index (χ4n) is 5.27. The fourth-order valence-corrected chi connectivity index (χ4v) is 7.12. The Hall–Kier alpha value is -3.00. The van der Waals surface area contributed by atoms with E-state index in [1.807, 2.05) is 13.8 Å². The topological polar surface area (TPSA) is 152 Å². The van der Waals surface area contributed by atoms with Crippen molar-refractivity contribution in [1.82, 2.24) is 20.9 Å². The lowest BCUT2D eigenvalue weighted by atomic mass is 10.0. The summed E-state index contributed by atoms with van der Waals surface area (Å²) in [5.74, 6) is -1.35. The van der Waals surface area contributed by atoms with E-state index < -0.39 is 72.1 Å². The van der Waals surface area contributed by atoms with Gasteiger partial charge in [0.1, 0.15) is 23.2 Å². The smallest absolute Gasteiger partial charge is 0.408 e. The molecule has 5 atom stereocenters. The Labute approximate surface area is 285 Å². The summed E-state index contributed by atoms with van der Waals surface area (Å²) in [7, 11) is -1.44. The zero-order chi connectivity index (χ0) is 35.8. The number of ether oxygens (including phenoxy) is 3. The number of esters is 1. The summed E-state index contributed by atoms with van der Waals surface area (Å²) >= 11 is 1.47. The number of carbonyl (C=O) groups is 5. The molecular weight excluding hydrogens is 641 g/mol. The Morgan fingerprint density at radius 2 is 1.72 bits per heavy atom. The van der Waals surface area contributed by atoms with Crippen molar-refractivity contribution in [3.8, 4) is 0 Å². The highest BCUT2D eigenvalue weighted by atomic mass is 32.2. The predicted octanol–water partition coefficient (Wildman–Crippen LogP) is 4.63. The van der Waals surface area contributed by atoms with Crippen molar-refractivity contribution in [3.63, 3.8) is 0 Å². The summed E-state index contributed by atoms with van der Waals surface area (Å²) in [6.45, 7) is 25.0. The Morgan fingerprint density at radius 3 is 2.26 bits per heavy atom. The number of alkyl carbamates (subject to hydrolysis) is 2. The number of hydrogen-bond donors (Lipinski definition) is 3. The van der Waals surface area contributed by atoms with Crippen LogP contribution in [-0.2, 0) is 28.6 Å². The van der Waals surface area contributed by atoms with Crippen molar-refractivity contribution < 1.29 is 38.2 Å². The quantitative estimate of drug-likeness (QED) is 0.0690. The van der Waals surface area contributed by atoms with Crippen molar-refractivity contribution in [1.29, 1.82) is 0 Å². The van der Waals surface area contributed by atoms with Crippen LogP contribution in [0.3, 0.4) is 0 Å². The van der Waals surface area contributed by atoms with E-state index in [0.717, 1.165) is 6.04 Å². The van der Waals surface area contributed by atoms with Gasteiger partial charge in [0.05, 0.1) is 19.3 Å². The molecule has 0 aromatic heterocycles. The maximum atomic E-state index is 14.5. The molecule has 2 rings (SSSR count). The number of amides is 4. The second-order valence-corrected chi connectivity index (χ2v) is 22.2. The molecule has 4 amide bonds. The van der Waals surface area contributed by atoms with Crippen LogP contribution < -0.4 is 16.0 Å². The third-order valence-electron chi connectivity index (χ3n) is 7.98. The molecule has 1 saturated carbocycles. The van der Waals surface area contributed by atoms with Gasteiger partial charge < -0.3 is 35.1 Å². The second kappa shape index (κ2) is 16.4. The maximum Gasteiger partial charge on any atom is 0.408 e. The highest BCUT2D eigenvalue weighted by molar-refractivity contribution is 8.00. The molecule has 0 aromatic carbocycles. The molecular formula is C33H56N4O8SSi. The first-order valence-corrected chi connectivity index (χ1v) is 21.0. The molecule has 2 aliphatic rings. The van der Waals surface area contributed by atoms with Crippen molar-refractivity contribution in [2.75, 3.05) is 25.5 Å². The first-order chi connectivity index (χ1) is 21.7. The molecule has 0 spiro atoms. The molecule has 47 heavy (non-hydrogen) atoms. The lowest BCUT2D eigenvalue weighted by molar-refractivity contribution is -0.150. The predicted molar refractivity (Wildman–Crippen MR) is 187 cm³/mol. The van der Waals surface area contributed by atoms with Gasteiger partial charge in [0, 0.05) is 25.3 Å². The van der Waals surface area contributed by atoms with Gasteiger partial charge in [-0.2, -0.15) is 11.8 Å². The van der Waals surface area contributed by atoms with Gasteiger partial charge in [0.15, 0.2) is 0 Å². The van der Waals surface area contributed by atoms with Crippen LogP contribution in [0.5, 0.6) is 0 Å². The van der Waals surface area contributed by atoms with Crippen LogP contribution in [0.2, 0.25) is 25.7 Å². The van der Waals surface area contributed by atoms with E-state index in [2.05, 4.69) is 48.7 Å². The van der Waals surface area contributed by atoms with Crippen molar-refractivity contribution >= 4 is 49.8 Å². The Balaban J connectivity index is 2.42. The molecule has 12 nitrogen and oxygen atoms in total. The molecule has 0 bridgehead atoms. The molecule has 0 unspecified atom stereocenters. The lowest BCUT2D eigenvalue weighted by Gasteiger charge is -2.37. The third kappa shape index (κ3) is 11.9. The lowest BCUT2D eigenvalue weighted by Crippen LogP contribution is -2.61. The van der Waals surface area contributed by atoms with E-state index >= 15 is 0 Å². The Kier molecular flexibility index (Phi) is 14.0. The number of nitrogens with one attached hydrogen (secondary N) is 3. The summed E-state index contributed by atoms with van der Waals surface area (Å²) in [5, 5.41) is 8.42. The van der Waals surface area contributed by atoms with Gasteiger partial charge in [-0.25, -0.2) is 14.4 Å². The van der Waals surface area contributed by atoms with Gasteiger partial charge in [-0.15, -0.1) is 13.2 Å². The van der Waals surface area contributed by atoms with E-state index in [0.29, 0.717) is 18.6 Å². The van der Waals surface area contributed by atoms with Gasteiger partial charge >= 0.3 is 18.2 Å². The number of likely N-dealkylation sites (tertiary alicyclic amines) is 1. The molecule has 3 N–H and O–H groups in total. The van der Waals surface area contributed by atoms with E-state index in [1.54, 1.807) is 39.8 Å². The molecule has 1 heterocycles. The zero-order valence-electron chi connectivity index (χ0n) is 29.7.